The molecule has 2 rings (SSSR count). The van der Waals surface area contributed by atoms with E-state index in [1.54, 1.807) is 12.1 Å². The minimum atomic E-state index is -1.23. The van der Waals surface area contributed by atoms with Crippen molar-refractivity contribution in [1.82, 2.24) is 0 Å². The van der Waals surface area contributed by atoms with Gasteiger partial charge in [-0.15, -0.1) is 0 Å². The number of carbonyl (C=O) groups is 1. The summed E-state index contributed by atoms with van der Waals surface area (Å²) in [4.78, 5) is 12.1. The lowest BCUT2D eigenvalue weighted by Gasteiger charge is -2.07. The molecule has 2 aromatic rings. The highest BCUT2D eigenvalue weighted by Gasteiger charge is 2.22. The predicted octanol–water partition coefficient (Wildman–Crippen LogP) is 4.86. The van der Waals surface area contributed by atoms with Crippen molar-refractivity contribution in [2.45, 2.75) is 0 Å². The first-order valence-corrected chi connectivity index (χ1v) is 6.63. The molecule has 0 heterocycles. The van der Waals surface area contributed by atoms with E-state index in [0.717, 1.165) is 0 Å². The van der Waals surface area contributed by atoms with Gasteiger partial charge in [-0.25, -0.2) is 13.2 Å². The average molecular weight is 394 g/mol. The van der Waals surface area contributed by atoms with Gasteiger partial charge in [0.25, 0.3) is 0 Å². The Kier molecular flexibility index (Phi) is 4.10. The first kappa shape index (κ1) is 14.3. The quantitative estimate of drug-likeness (QED) is 0.666. The van der Waals surface area contributed by atoms with Gasteiger partial charge in [0.1, 0.15) is 17.5 Å². The summed E-state index contributed by atoms with van der Waals surface area (Å²) in [5.41, 5.74) is -0.695. The van der Waals surface area contributed by atoms with Crippen LogP contribution in [0.1, 0.15) is 15.9 Å². The lowest BCUT2D eigenvalue weighted by atomic mass is 10.0. The molecule has 0 saturated heterocycles. The fourth-order valence-corrected chi connectivity index (χ4v) is 2.35. The van der Waals surface area contributed by atoms with Crippen molar-refractivity contribution in [1.29, 1.82) is 0 Å². The molecular formula is C13H5Br2F3O. The molecule has 19 heavy (non-hydrogen) atoms. The second-order valence-electron chi connectivity index (χ2n) is 3.70. The predicted molar refractivity (Wildman–Crippen MR) is 71.6 cm³/mol. The summed E-state index contributed by atoms with van der Waals surface area (Å²) in [6.07, 6.45) is 0. The van der Waals surface area contributed by atoms with E-state index in [9.17, 15) is 18.0 Å². The van der Waals surface area contributed by atoms with Crippen molar-refractivity contribution in [2.24, 2.45) is 0 Å². The van der Waals surface area contributed by atoms with Crippen LogP contribution >= 0.6 is 31.9 Å². The van der Waals surface area contributed by atoms with Gasteiger partial charge in [-0.2, -0.15) is 0 Å². The maximum Gasteiger partial charge on any atom is 0.200 e. The summed E-state index contributed by atoms with van der Waals surface area (Å²) in [6, 6.07) is 5.61. The van der Waals surface area contributed by atoms with Crippen LogP contribution in [0.3, 0.4) is 0 Å². The van der Waals surface area contributed by atoms with Crippen molar-refractivity contribution < 1.29 is 18.0 Å². The van der Waals surface area contributed by atoms with Crippen LogP contribution in [0.15, 0.2) is 39.3 Å². The average Bonchev–Trinajstić information content (AvgIpc) is 2.30. The first-order valence-electron chi connectivity index (χ1n) is 5.04. The summed E-state index contributed by atoms with van der Waals surface area (Å²) in [7, 11) is 0. The number of benzene rings is 2. The van der Waals surface area contributed by atoms with Gasteiger partial charge >= 0.3 is 0 Å². The highest BCUT2D eigenvalue weighted by atomic mass is 79.9. The lowest BCUT2D eigenvalue weighted by Crippen LogP contribution is -2.09. The Labute approximate surface area is 123 Å². The van der Waals surface area contributed by atoms with Gasteiger partial charge in [0.05, 0.1) is 5.56 Å². The molecule has 6 heteroatoms. The van der Waals surface area contributed by atoms with Crippen molar-refractivity contribution in [3.05, 3.63) is 67.9 Å². The summed E-state index contributed by atoms with van der Waals surface area (Å²) >= 11 is 6.30. The Morgan fingerprint density at radius 1 is 0.947 bits per heavy atom. The molecule has 0 atom stereocenters. The Bertz CT molecular complexity index is 648. The maximum atomic E-state index is 13.6. The minimum absolute atomic E-state index is 0.0822. The lowest BCUT2D eigenvalue weighted by molar-refractivity contribution is 0.103. The van der Waals surface area contributed by atoms with Gasteiger partial charge in [-0.3, -0.25) is 4.79 Å². The third-order valence-electron chi connectivity index (χ3n) is 2.41. The molecule has 0 aliphatic carbocycles. The van der Waals surface area contributed by atoms with Crippen LogP contribution in [-0.2, 0) is 0 Å². The molecule has 0 spiro atoms. The van der Waals surface area contributed by atoms with Gasteiger partial charge in [0.15, 0.2) is 5.78 Å². The van der Waals surface area contributed by atoms with Gasteiger partial charge in [0.2, 0.25) is 0 Å². The highest BCUT2D eigenvalue weighted by Crippen LogP contribution is 2.26. The van der Waals surface area contributed by atoms with Crippen LogP contribution < -0.4 is 0 Å². The smallest absolute Gasteiger partial charge is 0.200 e. The van der Waals surface area contributed by atoms with Gasteiger partial charge < -0.3 is 0 Å². The number of rotatable bonds is 2. The highest BCUT2D eigenvalue weighted by molar-refractivity contribution is 9.11. The van der Waals surface area contributed by atoms with Crippen molar-refractivity contribution in [3.63, 3.8) is 0 Å². The summed E-state index contributed by atoms with van der Waals surface area (Å²) in [5.74, 6) is -4.38. The molecular weight excluding hydrogens is 389 g/mol. The normalized spacial score (nSPS) is 10.6. The van der Waals surface area contributed by atoms with Crippen molar-refractivity contribution in [3.8, 4) is 0 Å². The molecule has 0 bridgehead atoms. The third kappa shape index (κ3) is 2.90. The van der Waals surface area contributed by atoms with Crippen LogP contribution in [0.25, 0.3) is 0 Å². The van der Waals surface area contributed by atoms with Gasteiger partial charge in [-0.05, 0) is 18.2 Å². The van der Waals surface area contributed by atoms with E-state index < -0.39 is 28.8 Å². The van der Waals surface area contributed by atoms with Crippen LogP contribution in [0.2, 0.25) is 0 Å². The second-order valence-corrected chi connectivity index (χ2v) is 5.47. The van der Waals surface area contributed by atoms with Gasteiger partial charge in [0, 0.05) is 26.6 Å². The van der Waals surface area contributed by atoms with E-state index in [2.05, 4.69) is 31.9 Å². The molecule has 0 saturated carbocycles. The molecule has 0 aliphatic rings. The zero-order valence-electron chi connectivity index (χ0n) is 9.18. The monoisotopic (exact) mass is 392 g/mol. The number of hydrogen-bond donors (Lipinski definition) is 0. The Morgan fingerprint density at radius 2 is 1.53 bits per heavy atom. The molecule has 0 unspecified atom stereocenters. The molecule has 0 radical (unpaired) electrons. The minimum Gasteiger partial charge on any atom is -0.288 e. The number of hydrogen-bond acceptors (Lipinski definition) is 1. The molecule has 0 amide bonds. The zero-order chi connectivity index (χ0) is 14.2. The standard InChI is InChI=1S/C13H5Br2F3O/c14-6-1-2-9(15)8(3-6)13(19)12-10(17)4-7(16)5-11(12)18/h1-5H. The van der Waals surface area contributed by atoms with E-state index in [1.807, 2.05) is 0 Å². The largest absolute Gasteiger partial charge is 0.288 e. The number of ketones is 1. The molecule has 0 aliphatic heterocycles. The molecule has 2 aromatic carbocycles. The van der Waals surface area contributed by atoms with Gasteiger partial charge in [-0.1, -0.05) is 31.9 Å². The van der Waals surface area contributed by atoms with E-state index in [4.69, 9.17) is 0 Å². The summed E-state index contributed by atoms with van der Waals surface area (Å²) < 4.78 is 40.9. The summed E-state index contributed by atoms with van der Waals surface area (Å²) in [6.45, 7) is 0. The third-order valence-corrected chi connectivity index (χ3v) is 3.59. The Balaban J connectivity index is 2.59. The van der Waals surface area contributed by atoms with E-state index >= 15 is 0 Å². The number of carbonyl (C=O) groups excluding carboxylic acids is 1. The van der Waals surface area contributed by atoms with Crippen molar-refractivity contribution in [2.75, 3.05) is 0 Å². The fraction of sp³-hybridized carbons (Fsp3) is 0. The first-order chi connectivity index (χ1) is 8.90. The van der Waals surface area contributed by atoms with E-state index in [-0.39, 0.29) is 5.56 Å². The van der Waals surface area contributed by atoms with Crippen LogP contribution in [0, 0.1) is 17.5 Å². The second kappa shape index (κ2) is 5.46. The molecule has 98 valence electrons. The topological polar surface area (TPSA) is 17.1 Å². The van der Waals surface area contributed by atoms with Crippen LogP contribution in [-0.4, -0.2) is 5.78 Å². The molecule has 1 nitrogen and oxygen atoms in total. The van der Waals surface area contributed by atoms with E-state index in [0.29, 0.717) is 21.1 Å². The van der Waals surface area contributed by atoms with E-state index in [1.165, 1.54) is 6.07 Å². The van der Waals surface area contributed by atoms with Crippen LogP contribution in [0.4, 0.5) is 13.2 Å². The number of halogens is 5. The van der Waals surface area contributed by atoms with Crippen LogP contribution in [0.5, 0.6) is 0 Å². The Morgan fingerprint density at radius 3 is 2.11 bits per heavy atom. The summed E-state index contributed by atoms with van der Waals surface area (Å²) in [5, 5.41) is 0. The molecule has 0 fully saturated rings. The molecule has 0 N–H and O–H groups in total. The zero-order valence-corrected chi connectivity index (χ0v) is 12.4. The Hall–Kier alpha value is -1.14. The SMILES string of the molecule is O=C(c1cc(Br)ccc1Br)c1c(F)cc(F)cc1F. The maximum absolute atomic E-state index is 13.6. The fourth-order valence-electron chi connectivity index (χ4n) is 1.57. The van der Waals surface area contributed by atoms with Crippen molar-refractivity contribution >= 4 is 37.6 Å². The molecule has 0 aromatic heterocycles.